The minimum Gasteiger partial charge on any atom is -0.128 e. The molecule has 0 fully saturated rings. The number of hydrogen-bond acceptors (Lipinski definition) is 1. The van der Waals surface area contributed by atoms with Gasteiger partial charge in [0.05, 0.1) is 0 Å². The predicted octanol–water partition coefficient (Wildman–Crippen LogP) is 4.30. The Morgan fingerprint density at radius 3 is 2.77 bits per heavy atom. The van der Waals surface area contributed by atoms with Crippen LogP contribution in [0.3, 0.4) is 0 Å². The molecule has 0 aliphatic rings. The van der Waals surface area contributed by atoms with E-state index in [-0.39, 0.29) is 0 Å². The van der Waals surface area contributed by atoms with Gasteiger partial charge in [0, 0.05) is 15.3 Å². The van der Waals surface area contributed by atoms with Crippen molar-refractivity contribution < 1.29 is 0 Å². The monoisotopic (exact) mass is 255 g/mol. The number of halogens is 1. The number of hydrogen-bond donors (Lipinski definition) is 0. The summed E-state index contributed by atoms with van der Waals surface area (Å²) >= 11 is 5.34. The van der Waals surface area contributed by atoms with Crippen LogP contribution in [0.15, 0.2) is 40.2 Å². The van der Waals surface area contributed by atoms with Gasteiger partial charge in [-0.3, -0.25) is 0 Å². The van der Waals surface area contributed by atoms with E-state index in [1.807, 2.05) is 6.08 Å². The number of thioether (sulfide) groups is 1. The van der Waals surface area contributed by atoms with Crippen LogP contribution in [0.2, 0.25) is 0 Å². The van der Waals surface area contributed by atoms with Crippen molar-refractivity contribution in [1.29, 1.82) is 0 Å². The Morgan fingerprint density at radius 2 is 2.23 bits per heavy atom. The van der Waals surface area contributed by atoms with Gasteiger partial charge in [-0.2, -0.15) is 0 Å². The van der Waals surface area contributed by atoms with Crippen LogP contribution in [0.5, 0.6) is 0 Å². The summed E-state index contributed by atoms with van der Waals surface area (Å²) in [5, 5.41) is 0. The van der Waals surface area contributed by atoms with Gasteiger partial charge >= 0.3 is 0 Å². The van der Waals surface area contributed by atoms with Gasteiger partial charge in [-0.1, -0.05) is 25.1 Å². The van der Waals surface area contributed by atoms with Crippen LogP contribution in [0, 0.1) is 5.92 Å². The molecule has 0 amide bonds. The Labute approximate surface area is 92.6 Å². The first kappa shape index (κ1) is 10.9. The van der Waals surface area contributed by atoms with Gasteiger partial charge in [-0.05, 0) is 33.8 Å². The Kier molecular flexibility index (Phi) is 4.07. The second-order valence-corrected chi connectivity index (χ2v) is 4.35. The zero-order chi connectivity index (χ0) is 9.84. The third-order valence-electron chi connectivity index (χ3n) is 1.91. The molecule has 0 atom stereocenters. The third kappa shape index (κ3) is 2.38. The van der Waals surface area contributed by atoms with Crippen LogP contribution in [0.25, 0.3) is 0 Å². The SMILES string of the molecule is C=C[C](C)c1cccc(SC)c1Br. The maximum atomic E-state index is 3.77. The molecule has 0 aromatic heterocycles. The fourth-order valence-corrected chi connectivity index (χ4v) is 2.65. The number of rotatable bonds is 3. The highest BCUT2D eigenvalue weighted by Crippen LogP contribution is 2.32. The van der Waals surface area contributed by atoms with E-state index < -0.39 is 0 Å². The molecule has 0 spiro atoms. The van der Waals surface area contributed by atoms with Crippen molar-refractivity contribution in [1.82, 2.24) is 0 Å². The highest BCUT2D eigenvalue weighted by atomic mass is 79.9. The molecule has 0 saturated carbocycles. The molecule has 0 unspecified atom stereocenters. The first-order valence-electron chi connectivity index (χ1n) is 3.99. The average molecular weight is 256 g/mol. The molecule has 0 heterocycles. The summed E-state index contributed by atoms with van der Waals surface area (Å²) in [4.78, 5) is 1.26. The van der Waals surface area contributed by atoms with Crippen LogP contribution in [-0.4, -0.2) is 6.26 Å². The summed E-state index contributed by atoms with van der Waals surface area (Å²) in [6.45, 7) is 5.84. The molecule has 13 heavy (non-hydrogen) atoms. The summed E-state index contributed by atoms with van der Waals surface area (Å²) in [6.07, 6.45) is 3.96. The first-order chi connectivity index (χ1) is 6.20. The zero-order valence-electron chi connectivity index (χ0n) is 7.80. The molecule has 0 N–H and O–H groups in total. The van der Waals surface area contributed by atoms with Crippen molar-refractivity contribution in [2.75, 3.05) is 6.26 Å². The second kappa shape index (κ2) is 4.87. The van der Waals surface area contributed by atoms with Crippen LogP contribution in [-0.2, 0) is 0 Å². The minimum atomic E-state index is 1.17. The van der Waals surface area contributed by atoms with Crippen LogP contribution in [0.1, 0.15) is 12.5 Å². The van der Waals surface area contributed by atoms with Crippen LogP contribution >= 0.6 is 27.7 Å². The van der Waals surface area contributed by atoms with Gasteiger partial charge in [0.15, 0.2) is 0 Å². The van der Waals surface area contributed by atoms with Crippen molar-refractivity contribution in [3.05, 3.63) is 46.8 Å². The largest absolute Gasteiger partial charge is 0.128 e. The number of benzene rings is 1. The zero-order valence-corrected chi connectivity index (χ0v) is 10.2. The molecule has 0 saturated heterocycles. The van der Waals surface area contributed by atoms with Crippen LogP contribution in [0.4, 0.5) is 0 Å². The summed E-state index contributed by atoms with van der Waals surface area (Å²) in [6, 6.07) is 6.27. The molecule has 2 heteroatoms. The van der Waals surface area contributed by atoms with Crippen molar-refractivity contribution in [2.24, 2.45) is 0 Å². The lowest BCUT2D eigenvalue weighted by Crippen LogP contribution is -1.92. The van der Waals surface area contributed by atoms with E-state index in [1.165, 1.54) is 20.8 Å². The summed E-state index contributed by atoms with van der Waals surface area (Å²) in [5.74, 6) is 1.20. The maximum Gasteiger partial charge on any atom is 0.0352 e. The molecular formula is C11H12BrS. The molecule has 0 nitrogen and oxygen atoms in total. The minimum absolute atomic E-state index is 1.17. The van der Waals surface area contributed by atoms with Gasteiger partial charge in [0.1, 0.15) is 0 Å². The summed E-state index contributed by atoms with van der Waals surface area (Å²) in [5.41, 5.74) is 1.22. The van der Waals surface area contributed by atoms with Crippen molar-refractivity contribution >= 4 is 27.7 Å². The Bertz CT molecular complexity index is 307. The average Bonchev–Trinajstić information content (AvgIpc) is 2.17. The van der Waals surface area contributed by atoms with Crippen molar-refractivity contribution in [3.8, 4) is 0 Å². The molecule has 69 valence electrons. The predicted molar refractivity (Wildman–Crippen MR) is 64.1 cm³/mol. The van der Waals surface area contributed by atoms with Gasteiger partial charge in [0.2, 0.25) is 0 Å². The molecule has 1 radical (unpaired) electrons. The van der Waals surface area contributed by atoms with Crippen molar-refractivity contribution in [2.45, 2.75) is 11.8 Å². The molecule has 0 bridgehead atoms. The highest BCUT2D eigenvalue weighted by molar-refractivity contribution is 9.10. The first-order valence-corrected chi connectivity index (χ1v) is 6.01. The lowest BCUT2D eigenvalue weighted by atomic mass is 10.0. The van der Waals surface area contributed by atoms with Gasteiger partial charge < -0.3 is 0 Å². The molecular weight excluding hydrogens is 244 g/mol. The third-order valence-corrected chi connectivity index (χ3v) is 3.81. The number of allylic oxidation sites excluding steroid dienone is 1. The molecule has 1 rings (SSSR count). The lowest BCUT2D eigenvalue weighted by Gasteiger charge is -2.10. The summed E-state index contributed by atoms with van der Waals surface area (Å²) < 4.78 is 1.17. The van der Waals surface area contributed by atoms with Gasteiger partial charge in [-0.15, -0.1) is 18.3 Å². The van der Waals surface area contributed by atoms with E-state index in [1.54, 1.807) is 11.8 Å². The topological polar surface area (TPSA) is 0 Å². The highest BCUT2D eigenvalue weighted by Gasteiger charge is 2.08. The molecule has 0 aliphatic heterocycles. The quantitative estimate of drug-likeness (QED) is 0.726. The van der Waals surface area contributed by atoms with E-state index in [9.17, 15) is 0 Å². The molecule has 1 aromatic rings. The van der Waals surface area contributed by atoms with Crippen molar-refractivity contribution in [3.63, 3.8) is 0 Å². The smallest absolute Gasteiger partial charge is 0.0352 e. The lowest BCUT2D eigenvalue weighted by molar-refractivity contribution is 1.20. The van der Waals surface area contributed by atoms with E-state index in [0.717, 1.165) is 0 Å². The summed E-state index contributed by atoms with van der Waals surface area (Å²) in [7, 11) is 0. The Hall–Kier alpha value is -0.210. The maximum absolute atomic E-state index is 3.77. The Balaban J connectivity index is 3.14. The van der Waals surface area contributed by atoms with E-state index in [2.05, 4.69) is 53.9 Å². The Morgan fingerprint density at radius 1 is 1.54 bits per heavy atom. The normalized spacial score (nSPS) is 10.5. The van der Waals surface area contributed by atoms with E-state index >= 15 is 0 Å². The second-order valence-electron chi connectivity index (χ2n) is 2.71. The van der Waals surface area contributed by atoms with E-state index in [4.69, 9.17) is 0 Å². The van der Waals surface area contributed by atoms with E-state index in [0.29, 0.717) is 0 Å². The fourth-order valence-electron chi connectivity index (χ4n) is 1.08. The standard InChI is InChI=1S/C11H12BrS/c1-4-8(2)9-6-5-7-10(13-3)11(9)12/h4-7H,1H2,2-3H3. The molecule has 1 aromatic carbocycles. The molecule has 0 aliphatic carbocycles. The fraction of sp³-hybridized carbons (Fsp3) is 0.182. The van der Waals surface area contributed by atoms with Gasteiger partial charge in [0.25, 0.3) is 0 Å². The van der Waals surface area contributed by atoms with Crippen LogP contribution < -0.4 is 0 Å². The van der Waals surface area contributed by atoms with Gasteiger partial charge in [-0.25, -0.2) is 0 Å².